The molecule has 0 bridgehead atoms. The molecule has 1 N–H and O–H groups in total. The van der Waals surface area contributed by atoms with Crippen LogP contribution in [0.25, 0.3) is 0 Å². The molecule has 0 atom stereocenters. The fraction of sp³-hybridized carbons (Fsp3) is 0.500. The first-order chi connectivity index (χ1) is 9.66. The van der Waals surface area contributed by atoms with Crippen molar-refractivity contribution in [3.8, 4) is 0 Å². The van der Waals surface area contributed by atoms with Gasteiger partial charge in [0, 0.05) is 19.3 Å². The standard InChI is InChI=1S/C14H18ClN3O2/c15-12-7-6-11(10-16-12)13(19)17-14(20)18-8-4-2-1-3-5-9-18/h6-7,10H,1-5,8-9H2,(H,17,19,20). The smallest absolute Gasteiger partial charge is 0.324 e. The molecule has 0 unspecified atom stereocenters. The maximum Gasteiger partial charge on any atom is 0.324 e. The van der Waals surface area contributed by atoms with Gasteiger partial charge in [-0.15, -0.1) is 0 Å². The average Bonchev–Trinajstić information content (AvgIpc) is 2.38. The van der Waals surface area contributed by atoms with Gasteiger partial charge in [-0.05, 0) is 25.0 Å². The molecule has 1 fully saturated rings. The highest BCUT2D eigenvalue weighted by Crippen LogP contribution is 2.11. The van der Waals surface area contributed by atoms with Gasteiger partial charge in [0.25, 0.3) is 5.91 Å². The van der Waals surface area contributed by atoms with Crippen molar-refractivity contribution in [1.82, 2.24) is 15.2 Å². The Morgan fingerprint density at radius 2 is 1.75 bits per heavy atom. The number of nitrogens with one attached hydrogen (secondary N) is 1. The summed E-state index contributed by atoms with van der Waals surface area (Å²) >= 11 is 5.66. The highest BCUT2D eigenvalue weighted by Gasteiger charge is 2.18. The normalized spacial score (nSPS) is 16.1. The van der Waals surface area contributed by atoms with Crippen molar-refractivity contribution in [2.45, 2.75) is 32.1 Å². The molecule has 108 valence electrons. The maximum atomic E-state index is 12.1. The van der Waals surface area contributed by atoms with E-state index in [9.17, 15) is 9.59 Å². The van der Waals surface area contributed by atoms with E-state index < -0.39 is 5.91 Å². The van der Waals surface area contributed by atoms with Crippen LogP contribution in [0, 0.1) is 0 Å². The van der Waals surface area contributed by atoms with Crippen LogP contribution in [0.15, 0.2) is 18.3 Å². The summed E-state index contributed by atoms with van der Waals surface area (Å²) in [7, 11) is 0. The van der Waals surface area contributed by atoms with Crippen LogP contribution >= 0.6 is 11.6 Å². The van der Waals surface area contributed by atoms with E-state index in [1.807, 2.05) is 0 Å². The molecule has 1 aliphatic heterocycles. The molecule has 1 aliphatic rings. The summed E-state index contributed by atoms with van der Waals surface area (Å²) in [5.41, 5.74) is 0.329. The molecule has 20 heavy (non-hydrogen) atoms. The second-order valence-corrected chi connectivity index (χ2v) is 5.27. The number of aromatic nitrogens is 1. The van der Waals surface area contributed by atoms with Gasteiger partial charge < -0.3 is 4.90 Å². The molecule has 0 radical (unpaired) electrons. The predicted octanol–water partition coefficient (Wildman–Crippen LogP) is 2.85. The van der Waals surface area contributed by atoms with Crippen LogP contribution in [-0.4, -0.2) is 34.9 Å². The summed E-state index contributed by atoms with van der Waals surface area (Å²) < 4.78 is 0. The molecule has 2 rings (SSSR count). The van der Waals surface area contributed by atoms with Crippen molar-refractivity contribution >= 4 is 23.5 Å². The quantitative estimate of drug-likeness (QED) is 0.810. The second kappa shape index (κ2) is 7.24. The molecule has 1 aromatic rings. The van der Waals surface area contributed by atoms with Gasteiger partial charge in [0.2, 0.25) is 0 Å². The van der Waals surface area contributed by atoms with Crippen LogP contribution < -0.4 is 5.32 Å². The van der Waals surface area contributed by atoms with Crippen LogP contribution in [-0.2, 0) is 0 Å². The van der Waals surface area contributed by atoms with Gasteiger partial charge in [0.1, 0.15) is 5.15 Å². The number of likely N-dealkylation sites (tertiary alicyclic amines) is 1. The molecule has 6 heteroatoms. The summed E-state index contributed by atoms with van der Waals surface area (Å²) in [6.07, 6.45) is 6.84. The average molecular weight is 296 g/mol. The predicted molar refractivity (Wildman–Crippen MR) is 76.8 cm³/mol. The van der Waals surface area contributed by atoms with Crippen molar-refractivity contribution < 1.29 is 9.59 Å². The Balaban J connectivity index is 1.92. The Hall–Kier alpha value is -1.62. The Labute approximate surface area is 123 Å². The van der Waals surface area contributed by atoms with E-state index in [0.717, 1.165) is 25.7 Å². The molecule has 0 spiro atoms. The molecule has 3 amide bonds. The minimum Gasteiger partial charge on any atom is -0.324 e. The zero-order chi connectivity index (χ0) is 14.4. The number of pyridine rings is 1. The molecule has 0 aromatic carbocycles. The number of urea groups is 1. The maximum absolute atomic E-state index is 12.1. The number of imide groups is 1. The number of carbonyl (C=O) groups excluding carboxylic acids is 2. The third-order valence-corrected chi connectivity index (χ3v) is 3.58. The first-order valence-corrected chi connectivity index (χ1v) is 7.26. The molecule has 1 aromatic heterocycles. The zero-order valence-corrected chi connectivity index (χ0v) is 12.0. The number of nitrogens with zero attached hydrogens (tertiary/aromatic N) is 2. The monoisotopic (exact) mass is 295 g/mol. The summed E-state index contributed by atoms with van der Waals surface area (Å²) in [6, 6.07) is 2.74. The lowest BCUT2D eigenvalue weighted by atomic mass is 10.1. The third-order valence-electron chi connectivity index (χ3n) is 3.35. The topological polar surface area (TPSA) is 62.3 Å². The van der Waals surface area contributed by atoms with Crippen LogP contribution in [0.5, 0.6) is 0 Å². The van der Waals surface area contributed by atoms with E-state index in [1.54, 1.807) is 11.0 Å². The lowest BCUT2D eigenvalue weighted by Crippen LogP contribution is -2.44. The van der Waals surface area contributed by atoms with E-state index in [1.165, 1.54) is 18.7 Å². The number of carbonyl (C=O) groups is 2. The number of hydrogen-bond acceptors (Lipinski definition) is 3. The van der Waals surface area contributed by atoms with Crippen LogP contribution in [0.2, 0.25) is 5.15 Å². The van der Waals surface area contributed by atoms with Crippen LogP contribution in [0.1, 0.15) is 42.5 Å². The van der Waals surface area contributed by atoms with Crippen molar-refractivity contribution in [2.24, 2.45) is 0 Å². The van der Waals surface area contributed by atoms with E-state index >= 15 is 0 Å². The van der Waals surface area contributed by atoms with Crippen molar-refractivity contribution in [3.05, 3.63) is 29.0 Å². The molecule has 5 nitrogen and oxygen atoms in total. The Bertz CT molecular complexity index is 468. The molecular formula is C14H18ClN3O2. The van der Waals surface area contributed by atoms with Gasteiger partial charge in [-0.25, -0.2) is 9.78 Å². The van der Waals surface area contributed by atoms with Crippen LogP contribution in [0.3, 0.4) is 0 Å². The number of halogens is 1. The van der Waals surface area contributed by atoms with Crippen molar-refractivity contribution in [3.63, 3.8) is 0 Å². The summed E-state index contributed by atoms with van der Waals surface area (Å²) in [4.78, 5) is 29.5. The molecule has 0 saturated carbocycles. The van der Waals surface area contributed by atoms with E-state index in [2.05, 4.69) is 10.3 Å². The minimum atomic E-state index is -0.443. The fourth-order valence-electron chi connectivity index (χ4n) is 2.21. The number of rotatable bonds is 1. The molecule has 1 saturated heterocycles. The minimum absolute atomic E-state index is 0.316. The zero-order valence-electron chi connectivity index (χ0n) is 11.3. The second-order valence-electron chi connectivity index (χ2n) is 4.88. The Morgan fingerprint density at radius 1 is 1.10 bits per heavy atom. The SMILES string of the molecule is O=C(NC(=O)N1CCCCCCC1)c1ccc(Cl)nc1. The van der Waals surface area contributed by atoms with Crippen molar-refractivity contribution in [1.29, 1.82) is 0 Å². The highest BCUT2D eigenvalue weighted by atomic mass is 35.5. The van der Waals surface area contributed by atoms with Gasteiger partial charge in [0.15, 0.2) is 0 Å². The van der Waals surface area contributed by atoms with Gasteiger partial charge in [0.05, 0.1) is 5.56 Å². The van der Waals surface area contributed by atoms with Gasteiger partial charge >= 0.3 is 6.03 Å². The van der Waals surface area contributed by atoms with Gasteiger partial charge in [-0.3, -0.25) is 10.1 Å². The van der Waals surface area contributed by atoms with Gasteiger partial charge in [-0.1, -0.05) is 30.9 Å². The largest absolute Gasteiger partial charge is 0.324 e. The number of hydrogen-bond donors (Lipinski definition) is 1. The Morgan fingerprint density at radius 3 is 2.35 bits per heavy atom. The highest BCUT2D eigenvalue weighted by molar-refractivity contribution is 6.29. The molecule has 2 heterocycles. The summed E-state index contributed by atoms with van der Waals surface area (Å²) in [6.45, 7) is 1.41. The summed E-state index contributed by atoms with van der Waals surface area (Å²) in [5.74, 6) is -0.443. The van der Waals surface area contributed by atoms with E-state index in [4.69, 9.17) is 11.6 Å². The van der Waals surface area contributed by atoms with Crippen LogP contribution in [0.4, 0.5) is 4.79 Å². The molecule has 0 aliphatic carbocycles. The third kappa shape index (κ3) is 4.20. The first-order valence-electron chi connectivity index (χ1n) is 6.88. The van der Waals surface area contributed by atoms with E-state index in [0.29, 0.717) is 23.8 Å². The van der Waals surface area contributed by atoms with Gasteiger partial charge in [-0.2, -0.15) is 0 Å². The lowest BCUT2D eigenvalue weighted by Gasteiger charge is -2.24. The van der Waals surface area contributed by atoms with E-state index in [-0.39, 0.29) is 6.03 Å². The Kier molecular flexibility index (Phi) is 5.35. The number of amides is 3. The summed E-state index contributed by atoms with van der Waals surface area (Å²) in [5, 5.41) is 2.71. The fourth-order valence-corrected chi connectivity index (χ4v) is 2.32. The van der Waals surface area contributed by atoms with Crippen molar-refractivity contribution in [2.75, 3.05) is 13.1 Å². The molecular weight excluding hydrogens is 278 g/mol. The lowest BCUT2D eigenvalue weighted by molar-refractivity contribution is 0.0950. The first kappa shape index (κ1) is 14.8.